The number of aliphatic carboxylic acids is 1. The Hall–Kier alpha value is -4.73. The number of esters is 1. The monoisotopic (exact) mass is 826 g/mol. The summed E-state index contributed by atoms with van der Waals surface area (Å²) in [6, 6.07) is 18.6. The van der Waals surface area contributed by atoms with Gasteiger partial charge in [-0.2, -0.15) is 0 Å². The maximum Gasteiger partial charge on any atom is 0.305 e. The second-order valence-electron chi connectivity index (χ2n) is 17.2. The molecule has 0 spiro atoms. The molecule has 0 saturated heterocycles. The molecule has 3 aromatic carbocycles. The van der Waals surface area contributed by atoms with Crippen molar-refractivity contribution >= 4 is 11.9 Å². The molecule has 326 valence electrons. The van der Waals surface area contributed by atoms with Crippen LogP contribution in [-0.4, -0.2) is 46.3 Å². The summed E-state index contributed by atoms with van der Waals surface area (Å²) < 4.78 is 33.9. The number of aromatic nitrogens is 3. The van der Waals surface area contributed by atoms with E-state index in [0.29, 0.717) is 29.4 Å². The Kier molecular flexibility index (Phi) is 18.5. The quantitative estimate of drug-likeness (QED) is 0.0425. The summed E-state index contributed by atoms with van der Waals surface area (Å²) in [7, 11) is 3.03. The fourth-order valence-corrected chi connectivity index (χ4v) is 8.29. The normalized spacial score (nSPS) is 13.3. The highest BCUT2D eigenvalue weighted by atomic mass is 19.1. The number of aryl methyl sites for hydroxylation is 1. The number of unbranched alkanes of at least 4 members (excludes halogenated alkanes) is 14. The van der Waals surface area contributed by atoms with Gasteiger partial charge in [-0.15, -0.1) is 5.10 Å². The van der Waals surface area contributed by atoms with E-state index in [1.807, 2.05) is 47.3 Å². The van der Waals surface area contributed by atoms with Crippen molar-refractivity contribution in [3.8, 4) is 22.6 Å². The molecule has 1 heterocycles. The minimum Gasteiger partial charge on any atom is -0.497 e. The molecule has 4 aromatic rings. The van der Waals surface area contributed by atoms with Crippen LogP contribution in [-0.2, 0) is 32.9 Å². The van der Waals surface area contributed by atoms with E-state index in [9.17, 15) is 14.7 Å². The van der Waals surface area contributed by atoms with Crippen LogP contribution in [0.3, 0.4) is 0 Å². The highest BCUT2D eigenvalue weighted by Crippen LogP contribution is 2.45. The molecule has 1 atom stereocenters. The lowest BCUT2D eigenvalue weighted by Crippen LogP contribution is -2.29. The summed E-state index contributed by atoms with van der Waals surface area (Å²) in [5.41, 5.74) is 4.23. The number of rotatable bonds is 29. The van der Waals surface area contributed by atoms with Crippen LogP contribution in [0.25, 0.3) is 11.1 Å². The average molecular weight is 826 g/mol. The first kappa shape index (κ1) is 46.3. The van der Waals surface area contributed by atoms with Crippen molar-refractivity contribution in [3.05, 3.63) is 95.1 Å². The number of carboxylic acid groups (broad SMARTS) is 1. The smallest absolute Gasteiger partial charge is 0.305 e. The number of hydrogen-bond acceptors (Lipinski definition) is 7. The van der Waals surface area contributed by atoms with Gasteiger partial charge in [0.2, 0.25) is 0 Å². The first-order valence-corrected chi connectivity index (χ1v) is 22.5. The molecule has 0 amide bonds. The van der Waals surface area contributed by atoms with E-state index in [2.05, 4.69) is 30.2 Å². The summed E-state index contributed by atoms with van der Waals surface area (Å²) in [5.74, 6) is 0.429. The standard InChI is InChI=1S/C50H68FN3O6/c1-50(2,54-35-40(52-53-54)22-18-16-14-12-10-8-6-5-7-9-11-13-15-17-19-24-49(57)59-4)46-31-37(25-29-43(46)45-33-41(58-3)28-30-47(45)51)36-60-42-23-20-21-39(32-42)44(34-48(55)56)38-26-27-38/h20-21,23,25,28-33,35,38,44H,5-19,22,24,26-27,34,36H2,1-4H3,(H,55,56). The predicted molar refractivity (Wildman–Crippen MR) is 235 cm³/mol. The fourth-order valence-electron chi connectivity index (χ4n) is 8.29. The zero-order valence-electron chi connectivity index (χ0n) is 36.6. The molecule has 5 rings (SSSR count). The Bertz CT molecular complexity index is 1940. The van der Waals surface area contributed by atoms with Gasteiger partial charge in [-0.1, -0.05) is 113 Å². The summed E-state index contributed by atoms with van der Waals surface area (Å²) in [5, 5.41) is 18.7. The van der Waals surface area contributed by atoms with Gasteiger partial charge in [-0.25, -0.2) is 9.07 Å². The van der Waals surface area contributed by atoms with Gasteiger partial charge in [0.25, 0.3) is 0 Å². The Morgan fingerprint density at radius 3 is 2.07 bits per heavy atom. The van der Waals surface area contributed by atoms with Crippen LogP contribution in [0.5, 0.6) is 11.5 Å². The van der Waals surface area contributed by atoms with Crippen molar-refractivity contribution in [3.63, 3.8) is 0 Å². The number of carbonyl (C=O) groups excluding carboxylic acids is 1. The van der Waals surface area contributed by atoms with Gasteiger partial charge in [0.05, 0.1) is 31.9 Å². The topological polar surface area (TPSA) is 113 Å². The van der Waals surface area contributed by atoms with Crippen LogP contribution in [0.4, 0.5) is 4.39 Å². The Balaban J connectivity index is 1.11. The lowest BCUT2D eigenvalue weighted by atomic mass is 9.85. The molecule has 0 aliphatic heterocycles. The number of carbonyl (C=O) groups is 2. The molecule has 1 saturated carbocycles. The molecule has 1 aliphatic rings. The highest BCUT2D eigenvalue weighted by Gasteiger charge is 2.34. The number of hydrogen-bond donors (Lipinski definition) is 1. The lowest BCUT2D eigenvalue weighted by molar-refractivity contribution is -0.141. The Labute approximate surface area is 357 Å². The number of ether oxygens (including phenoxy) is 3. The first-order valence-electron chi connectivity index (χ1n) is 22.5. The summed E-state index contributed by atoms with van der Waals surface area (Å²) in [4.78, 5) is 22.8. The number of benzene rings is 3. The third-order valence-electron chi connectivity index (χ3n) is 12.1. The van der Waals surface area contributed by atoms with Crippen LogP contribution >= 0.6 is 0 Å². The molecule has 60 heavy (non-hydrogen) atoms. The Morgan fingerprint density at radius 1 is 0.800 bits per heavy atom. The van der Waals surface area contributed by atoms with Gasteiger partial charge in [0, 0.05) is 18.2 Å². The molecule has 1 unspecified atom stereocenters. The summed E-state index contributed by atoms with van der Waals surface area (Å²) >= 11 is 0. The molecule has 0 bridgehead atoms. The van der Waals surface area contributed by atoms with Crippen LogP contribution < -0.4 is 9.47 Å². The molecular formula is C50H68FN3O6. The van der Waals surface area contributed by atoms with Crippen molar-refractivity contribution in [2.24, 2.45) is 5.92 Å². The number of methoxy groups -OCH3 is 2. The minimum absolute atomic E-state index is 0.0152. The molecule has 1 fully saturated rings. The second-order valence-corrected chi connectivity index (χ2v) is 17.2. The van der Waals surface area contributed by atoms with E-state index >= 15 is 4.39 Å². The van der Waals surface area contributed by atoms with E-state index in [4.69, 9.17) is 14.2 Å². The van der Waals surface area contributed by atoms with E-state index < -0.39 is 11.5 Å². The van der Waals surface area contributed by atoms with Gasteiger partial charge in [-0.05, 0) is 116 Å². The SMILES string of the molecule is COC(=O)CCCCCCCCCCCCCCCCCc1cn(C(C)(C)c2cc(COc3cccc(C(CC(=O)O)C4CC4)c3)ccc2-c2cc(OC)ccc2F)nn1. The van der Waals surface area contributed by atoms with Crippen molar-refractivity contribution < 1.29 is 33.3 Å². The Morgan fingerprint density at radius 2 is 1.45 bits per heavy atom. The number of halogens is 1. The summed E-state index contributed by atoms with van der Waals surface area (Å²) in [6.07, 6.45) is 24.1. The molecule has 0 radical (unpaired) electrons. The minimum atomic E-state index is -0.783. The second kappa shape index (κ2) is 23.9. The molecule has 1 aliphatic carbocycles. The van der Waals surface area contributed by atoms with E-state index in [1.54, 1.807) is 19.2 Å². The molecule has 1 aromatic heterocycles. The van der Waals surface area contributed by atoms with Crippen LogP contribution in [0.2, 0.25) is 0 Å². The number of nitrogens with zero attached hydrogens (tertiary/aromatic N) is 3. The van der Waals surface area contributed by atoms with Crippen molar-refractivity contribution in [2.45, 2.75) is 160 Å². The van der Waals surface area contributed by atoms with Crippen molar-refractivity contribution in [2.75, 3.05) is 14.2 Å². The van der Waals surface area contributed by atoms with Crippen LogP contribution in [0.1, 0.15) is 164 Å². The average Bonchev–Trinajstić information content (AvgIpc) is 3.98. The number of carboxylic acids is 1. The van der Waals surface area contributed by atoms with Crippen molar-refractivity contribution in [1.82, 2.24) is 15.0 Å². The fraction of sp³-hybridized carbons (Fsp3) is 0.560. The van der Waals surface area contributed by atoms with Crippen LogP contribution in [0, 0.1) is 11.7 Å². The largest absolute Gasteiger partial charge is 0.497 e. The van der Waals surface area contributed by atoms with E-state index in [1.165, 1.54) is 90.2 Å². The van der Waals surface area contributed by atoms with Gasteiger partial charge in [0.15, 0.2) is 0 Å². The molecule has 10 heteroatoms. The van der Waals surface area contributed by atoms with E-state index in [0.717, 1.165) is 66.5 Å². The van der Waals surface area contributed by atoms with Crippen molar-refractivity contribution in [1.29, 1.82) is 0 Å². The molecular weight excluding hydrogens is 758 g/mol. The van der Waals surface area contributed by atoms with Crippen LogP contribution in [0.15, 0.2) is 66.9 Å². The summed E-state index contributed by atoms with van der Waals surface area (Å²) in [6.45, 7) is 4.44. The maximum absolute atomic E-state index is 15.5. The first-order chi connectivity index (χ1) is 29.1. The maximum atomic E-state index is 15.5. The third-order valence-corrected chi connectivity index (χ3v) is 12.1. The highest BCUT2D eigenvalue weighted by molar-refractivity contribution is 5.71. The van der Waals surface area contributed by atoms with Gasteiger partial charge in [-0.3, -0.25) is 9.59 Å². The molecule has 1 N–H and O–H groups in total. The lowest BCUT2D eigenvalue weighted by Gasteiger charge is -2.29. The van der Waals surface area contributed by atoms with Gasteiger partial charge < -0.3 is 19.3 Å². The zero-order chi connectivity index (χ0) is 42.7. The third kappa shape index (κ3) is 14.5. The molecule has 9 nitrogen and oxygen atoms in total. The van der Waals surface area contributed by atoms with E-state index in [-0.39, 0.29) is 30.7 Å². The van der Waals surface area contributed by atoms with Gasteiger partial charge >= 0.3 is 11.9 Å². The van der Waals surface area contributed by atoms with Gasteiger partial charge in [0.1, 0.15) is 23.9 Å². The predicted octanol–water partition coefficient (Wildman–Crippen LogP) is 12.4. The zero-order valence-corrected chi connectivity index (χ0v) is 36.6.